The van der Waals surface area contributed by atoms with Crippen LogP contribution in [0.15, 0.2) is 46.6 Å². The van der Waals surface area contributed by atoms with Gasteiger partial charge in [-0.2, -0.15) is 0 Å². The van der Waals surface area contributed by atoms with E-state index >= 15 is 0 Å². The molecule has 2 amide bonds. The van der Waals surface area contributed by atoms with Crippen LogP contribution in [0.2, 0.25) is 0 Å². The number of fused-ring (bicyclic) bond motifs is 1. The Bertz CT molecular complexity index is 574. The second-order valence-corrected chi connectivity index (χ2v) is 5.15. The summed E-state index contributed by atoms with van der Waals surface area (Å²) in [6, 6.07) is 10.1. The van der Waals surface area contributed by atoms with Gasteiger partial charge in [0.1, 0.15) is 0 Å². The Hall–Kier alpha value is -2.10. The number of amides is 2. The average Bonchev–Trinajstić information content (AvgIpc) is 2.41. The molecule has 0 radical (unpaired) electrons. The third kappa shape index (κ3) is 2.03. The summed E-state index contributed by atoms with van der Waals surface area (Å²) in [5.41, 5.74) is 4.12. The van der Waals surface area contributed by atoms with E-state index in [0.717, 1.165) is 29.1 Å². The van der Waals surface area contributed by atoms with Crippen molar-refractivity contribution in [2.24, 2.45) is 10.9 Å². The lowest BCUT2D eigenvalue weighted by molar-refractivity contribution is 0.234. The van der Waals surface area contributed by atoms with Gasteiger partial charge in [0.05, 0.1) is 11.8 Å². The summed E-state index contributed by atoms with van der Waals surface area (Å²) in [5, 5.41) is 5.86. The first-order valence-electron chi connectivity index (χ1n) is 6.55. The average molecular weight is 255 g/mol. The van der Waals surface area contributed by atoms with Crippen LogP contribution in [-0.4, -0.2) is 24.3 Å². The first-order valence-corrected chi connectivity index (χ1v) is 6.55. The van der Waals surface area contributed by atoms with Crippen LogP contribution in [0, 0.1) is 5.92 Å². The minimum absolute atomic E-state index is 0.0569. The fourth-order valence-corrected chi connectivity index (χ4v) is 2.74. The predicted octanol–water partition coefficient (Wildman–Crippen LogP) is 2.08. The number of nitrogens with zero attached hydrogens (tertiary/aromatic N) is 1. The third-order valence-electron chi connectivity index (χ3n) is 3.71. The number of allylic oxidation sites excluding steroid dienone is 1. The molecule has 2 N–H and O–H groups in total. The molecule has 0 saturated carbocycles. The van der Waals surface area contributed by atoms with Gasteiger partial charge in [0.25, 0.3) is 0 Å². The van der Waals surface area contributed by atoms with Crippen molar-refractivity contribution in [2.45, 2.75) is 19.9 Å². The molecule has 98 valence electrons. The first-order chi connectivity index (χ1) is 9.16. The highest BCUT2D eigenvalue weighted by Gasteiger charge is 2.35. The predicted molar refractivity (Wildman–Crippen MR) is 75.2 cm³/mol. The minimum Gasteiger partial charge on any atom is -0.331 e. The van der Waals surface area contributed by atoms with Crippen molar-refractivity contribution < 1.29 is 4.79 Å². The van der Waals surface area contributed by atoms with Crippen LogP contribution in [0.4, 0.5) is 4.79 Å². The van der Waals surface area contributed by atoms with E-state index in [1.807, 2.05) is 25.1 Å². The van der Waals surface area contributed by atoms with Crippen LogP contribution < -0.4 is 10.6 Å². The molecule has 2 unspecified atom stereocenters. The molecule has 2 aliphatic heterocycles. The molecule has 0 fully saturated rings. The Labute approximate surface area is 112 Å². The van der Waals surface area contributed by atoms with Crippen LogP contribution >= 0.6 is 0 Å². The number of benzene rings is 1. The van der Waals surface area contributed by atoms with Gasteiger partial charge in [0, 0.05) is 29.3 Å². The second-order valence-electron chi connectivity index (χ2n) is 5.15. The normalized spacial score (nSPS) is 26.2. The molecule has 0 aliphatic carbocycles. The number of nitrogens with one attached hydrogen (secondary N) is 2. The summed E-state index contributed by atoms with van der Waals surface area (Å²) in [6.07, 6.45) is 0. The number of rotatable bonds is 1. The maximum Gasteiger partial charge on any atom is 0.319 e. The lowest BCUT2D eigenvalue weighted by atomic mass is 9.84. The van der Waals surface area contributed by atoms with E-state index in [1.54, 1.807) is 0 Å². The van der Waals surface area contributed by atoms with Gasteiger partial charge in [-0.1, -0.05) is 37.3 Å². The number of carbonyl (C=O) groups is 1. The highest BCUT2D eigenvalue weighted by atomic mass is 16.2. The van der Waals surface area contributed by atoms with Crippen LogP contribution in [0.5, 0.6) is 0 Å². The third-order valence-corrected chi connectivity index (χ3v) is 3.71. The van der Waals surface area contributed by atoms with Crippen molar-refractivity contribution in [3.05, 3.63) is 47.2 Å². The maximum absolute atomic E-state index is 11.6. The summed E-state index contributed by atoms with van der Waals surface area (Å²) in [6.45, 7) is 4.80. The van der Waals surface area contributed by atoms with E-state index in [0.29, 0.717) is 5.92 Å². The smallest absolute Gasteiger partial charge is 0.319 e. The standard InChI is InChI=1S/C15H17N3O/c1-9-8-16-14(11-6-4-3-5-7-11)12-10(2)17-15(19)18-13(9)12/h3-7,9,13H,8H2,1-2H3,(H2,17,18,19). The molecule has 3 rings (SSSR count). The molecule has 1 aromatic carbocycles. The van der Waals surface area contributed by atoms with Crippen molar-refractivity contribution >= 4 is 11.7 Å². The van der Waals surface area contributed by atoms with Crippen LogP contribution in [0.25, 0.3) is 0 Å². The lowest BCUT2D eigenvalue weighted by Gasteiger charge is -2.36. The lowest BCUT2D eigenvalue weighted by Crippen LogP contribution is -2.54. The van der Waals surface area contributed by atoms with Gasteiger partial charge < -0.3 is 10.6 Å². The van der Waals surface area contributed by atoms with Gasteiger partial charge in [-0.3, -0.25) is 4.99 Å². The fourth-order valence-electron chi connectivity index (χ4n) is 2.74. The Balaban J connectivity index is 2.11. The Morgan fingerprint density at radius 3 is 2.74 bits per heavy atom. The van der Waals surface area contributed by atoms with Crippen LogP contribution in [-0.2, 0) is 0 Å². The largest absolute Gasteiger partial charge is 0.331 e. The Morgan fingerprint density at radius 2 is 2.00 bits per heavy atom. The molecule has 2 aliphatic rings. The van der Waals surface area contributed by atoms with Crippen LogP contribution in [0.3, 0.4) is 0 Å². The quantitative estimate of drug-likeness (QED) is 0.793. The van der Waals surface area contributed by atoms with Gasteiger partial charge in [-0.25, -0.2) is 4.79 Å². The van der Waals surface area contributed by atoms with Gasteiger partial charge in [0.2, 0.25) is 0 Å². The molecule has 0 spiro atoms. The zero-order valence-electron chi connectivity index (χ0n) is 11.1. The van der Waals surface area contributed by atoms with Crippen molar-refractivity contribution in [1.82, 2.24) is 10.6 Å². The number of carbonyl (C=O) groups excluding carboxylic acids is 1. The fraction of sp³-hybridized carbons (Fsp3) is 0.333. The monoisotopic (exact) mass is 255 g/mol. The number of hydrogen-bond acceptors (Lipinski definition) is 2. The number of hydrogen-bond donors (Lipinski definition) is 2. The molecule has 0 saturated heterocycles. The van der Waals surface area contributed by atoms with E-state index in [-0.39, 0.29) is 12.1 Å². The molecular weight excluding hydrogens is 238 g/mol. The van der Waals surface area contributed by atoms with Crippen molar-refractivity contribution in [2.75, 3.05) is 6.54 Å². The highest BCUT2D eigenvalue weighted by molar-refractivity contribution is 6.15. The van der Waals surface area contributed by atoms with Crippen molar-refractivity contribution in [3.63, 3.8) is 0 Å². The summed E-state index contributed by atoms with van der Waals surface area (Å²) in [7, 11) is 0. The van der Waals surface area contributed by atoms with E-state index in [4.69, 9.17) is 4.99 Å². The van der Waals surface area contributed by atoms with E-state index in [9.17, 15) is 4.79 Å². The molecule has 0 aromatic heterocycles. The molecule has 1 aromatic rings. The van der Waals surface area contributed by atoms with Gasteiger partial charge in [0.15, 0.2) is 0 Å². The zero-order chi connectivity index (χ0) is 13.4. The Morgan fingerprint density at radius 1 is 1.26 bits per heavy atom. The topological polar surface area (TPSA) is 53.5 Å². The zero-order valence-corrected chi connectivity index (χ0v) is 11.1. The van der Waals surface area contributed by atoms with Crippen LogP contribution in [0.1, 0.15) is 19.4 Å². The number of aliphatic imine (C=N–C) groups is 1. The second kappa shape index (κ2) is 4.53. The molecule has 19 heavy (non-hydrogen) atoms. The summed E-state index contributed by atoms with van der Waals surface area (Å²) in [5.74, 6) is 0.323. The minimum atomic E-state index is -0.118. The molecule has 2 heterocycles. The highest BCUT2D eigenvalue weighted by Crippen LogP contribution is 2.27. The summed E-state index contributed by atoms with van der Waals surface area (Å²) in [4.78, 5) is 16.3. The van der Waals surface area contributed by atoms with Crippen molar-refractivity contribution in [1.29, 1.82) is 0 Å². The summed E-state index contributed by atoms with van der Waals surface area (Å²) < 4.78 is 0. The molecule has 2 atom stereocenters. The Kier molecular flexibility index (Phi) is 2.85. The maximum atomic E-state index is 11.6. The van der Waals surface area contributed by atoms with E-state index < -0.39 is 0 Å². The summed E-state index contributed by atoms with van der Waals surface area (Å²) >= 11 is 0. The SMILES string of the molecule is CC1=C2C(c3ccccc3)=NCC(C)C2NC(=O)N1. The first kappa shape index (κ1) is 12.0. The molecule has 4 nitrogen and oxygen atoms in total. The molecule has 4 heteroatoms. The molecular formula is C15H17N3O. The number of urea groups is 1. The molecule has 0 bridgehead atoms. The van der Waals surface area contributed by atoms with Gasteiger partial charge >= 0.3 is 6.03 Å². The van der Waals surface area contributed by atoms with E-state index in [1.165, 1.54) is 0 Å². The van der Waals surface area contributed by atoms with Crippen molar-refractivity contribution in [3.8, 4) is 0 Å². The van der Waals surface area contributed by atoms with Gasteiger partial charge in [-0.15, -0.1) is 0 Å². The van der Waals surface area contributed by atoms with Gasteiger partial charge in [-0.05, 0) is 6.92 Å². The van der Waals surface area contributed by atoms with E-state index in [2.05, 4.69) is 29.7 Å².